The van der Waals surface area contributed by atoms with Crippen LogP contribution in [-0.2, 0) is 15.0 Å². The standard InChI is InChI=1S/C33H32Cl2FN3O3/c1-18(2)29(40)19-9-12-21(13-10-19)37-30(41)28-26(22-7-6-8-24(35)27(22)36)33(32(39-28)15-4-3-5-16-32)23-14-11-20(34)17-25(23)38-31(33)42/h6-14,17-18,26,28,39H,3-5,15-16H2,1-2H3,(H,37,41)(H,38,42)/t26-,28+,33+/m0/s1. The third-order valence-corrected chi connectivity index (χ3v) is 9.79. The van der Waals surface area contributed by atoms with Crippen LogP contribution in [0, 0.1) is 11.7 Å². The van der Waals surface area contributed by atoms with Crippen molar-refractivity contribution in [3.05, 3.63) is 93.2 Å². The highest BCUT2D eigenvalue weighted by atomic mass is 35.5. The molecule has 3 aromatic rings. The van der Waals surface area contributed by atoms with E-state index in [9.17, 15) is 14.4 Å². The molecule has 0 radical (unpaired) electrons. The number of carbonyl (C=O) groups excluding carboxylic acids is 3. The number of benzene rings is 3. The molecule has 6 nitrogen and oxygen atoms in total. The third-order valence-electron chi connectivity index (χ3n) is 9.27. The predicted molar refractivity (Wildman–Crippen MR) is 163 cm³/mol. The van der Waals surface area contributed by atoms with Gasteiger partial charge in [0, 0.05) is 39.3 Å². The van der Waals surface area contributed by atoms with E-state index in [1.54, 1.807) is 48.5 Å². The molecular formula is C33H32Cl2FN3O3. The number of nitrogens with one attached hydrogen (secondary N) is 3. The summed E-state index contributed by atoms with van der Waals surface area (Å²) in [5.74, 6) is -2.40. The van der Waals surface area contributed by atoms with Gasteiger partial charge in [-0.2, -0.15) is 0 Å². The maximum absolute atomic E-state index is 16.0. The quantitative estimate of drug-likeness (QED) is 0.266. The zero-order chi connectivity index (χ0) is 29.8. The number of anilines is 2. The lowest BCUT2D eigenvalue weighted by molar-refractivity contribution is -0.124. The number of ketones is 1. The van der Waals surface area contributed by atoms with Crippen LogP contribution in [0.15, 0.2) is 60.7 Å². The van der Waals surface area contributed by atoms with Crippen molar-refractivity contribution in [2.75, 3.05) is 10.6 Å². The molecule has 218 valence electrons. The average molecular weight is 609 g/mol. The van der Waals surface area contributed by atoms with Gasteiger partial charge in [-0.3, -0.25) is 19.7 Å². The molecule has 2 heterocycles. The minimum absolute atomic E-state index is 0.00836. The van der Waals surface area contributed by atoms with Gasteiger partial charge in [0.15, 0.2) is 5.78 Å². The minimum atomic E-state index is -1.30. The van der Waals surface area contributed by atoms with Crippen LogP contribution in [-0.4, -0.2) is 29.2 Å². The number of rotatable bonds is 5. The Hall–Kier alpha value is -3.26. The number of fused-ring (bicyclic) bond motifs is 3. The number of hydrogen-bond donors (Lipinski definition) is 3. The van der Waals surface area contributed by atoms with Crippen molar-refractivity contribution in [3.8, 4) is 0 Å². The van der Waals surface area contributed by atoms with E-state index in [2.05, 4.69) is 16.0 Å². The average Bonchev–Trinajstić information content (AvgIpc) is 3.42. The van der Waals surface area contributed by atoms with Crippen molar-refractivity contribution in [3.63, 3.8) is 0 Å². The topological polar surface area (TPSA) is 87.3 Å². The van der Waals surface area contributed by atoms with Crippen molar-refractivity contribution in [1.29, 1.82) is 0 Å². The largest absolute Gasteiger partial charge is 0.325 e. The Morgan fingerprint density at radius 3 is 2.40 bits per heavy atom. The molecule has 2 aliphatic heterocycles. The highest BCUT2D eigenvalue weighted by Crippen LogP contribution is 2.62. The normalized spacial score (nSPS) is 24.2. The van der Waals surface area contributed by atoms with Crippen LogP contribution in [0.4, 0.5) is 15.8 Å². The fourth-order valence-corrected chi connectivity index (χ4v) is 7.84. The van der Waals surface area contributed by atoms with Crippen LogP contribution in [0.3, 0.4) is 0 Å². The molecule has 0 bridgehead atoms. The second kappa shape index (κ2) is 10.8. The van der Waals surface area contributed by atoms with E-state index in [0.717, 1.165) is 19.3 Å². The van der Waals surface area contributed by atoms with Gasteiger partial charge in [-0.15, -0.1) is 0 Å². The highest BCUT2D eigenvalue weighted by molar-refractivity contribution is 6.31. The zero-order valence-electron chi connectivity index (χ0n) is 23.4. The van der Waals surface area contributed by atoms with Gasteiger partial charge >= 0.3 is 0 Å². The van der Waals surface area contributed by atoms with Crippen molar-refractivity contribution in [2.45, 2.75) is 68.9 Å². The van der Waals surface area contributed by atoms with E-state index in [1.807, 2.05) is 19.9 Å². The maximum Gasteiger partial charge on any atom is 0.242 e. The summed E-state index contributed by atoms with van der Waals surface area (Å²) in [6.45, 7) is 3.67. The lowest BCUT2D eigenvalue weighted by atomic mass is 9.55. The van der Waals surface area contributed by atoms with E-state index in [-0.39, 0.29) is 28.2 Å². The summed E-state index contributed by atoms with van der Waals surface area (Å²) in [5.41, 5.74) is 0.403. The van der Waals surface area contributed by atoms with Crippen LogP contribution in [0.1, 0.15) is 73.4 Å². The molecule has 3 aromatic carbocycles. The number of hydrogen-bond acceptors (Lipinski definition) is 4. The van der Waals surface area contributed by atoms with E-state index in [4.69, 9.17) is 23.2 Å². The molecule has 2 fully saturated rings. The van der Waals surface area contributed by atoms with Gasteiger partial charge in [0.05, 0.1) is 11.1 Å². The molecular weight excluding hydrogens is 576 g/mol. The molecule has 0 unspecified atom stereocenters. The third kappa shape index (κ3) is 4.36. The summed E-state index contributed by atoms with van der Waals surface area (Å²) < 4.78 is 16.0. The molecule has 6 rings (SSSR count). The second-order valence-electron chi connectivity index (χ2n) is 11.9. The fourth-order valence-electron chi connectivity index (χ4n) is 7.49. The van der Waals surface area contributed by atoms with Gasteiger partial charge < -0.3 is 10.6 Å². The first kappa shape index (κ1) is 28.8. The van der Waals surface area contributed by atoms with Crippen LogP contribution in [0.5, 0.6) is 0 Å². The first-order valence-corrected chi connectivity index (χ1v) is 15.1. The lowest BCUT2D eigenvalue weighted by Gasteiger charge is -2.47. The summed E-state index contributed by atoms with van der Waals surface area (Å²) >= 11 is 12.6. The summed E-state index contributed by atoms with van der Waals surface area (Å²) in [4.78, 5) is 41.0. The van der Waals surface area contributed by atoms with Gasteiger partial charge in [-0.25, -0.2) is 4.39 Å². The van der Waals surface area contributed by atoms with Crippen molar-refractivity contribution in [2.24, 2.45) is 5.92 Å². The Morgan fingerprint density at radius 2 is 1.71 bits per heavy atom. The van der Waals surface area contributed by atoms with E-state index in [0.29, 0.717) is 40.4 Å². The molecule has 3 atom stereocenters. The van der Waals surface area contributed by atoms with E-state index in [1.165, 1.54) is 6.07 Å². The van der Waals surface area contributed by atoms with Crippen LogP contribution in [0.25, 0.3) is 0 Å². The Kier molecular flexibility index (Phi) is 7.40. The Morgan fingerprint density at radius 1 is 1.00 bits per heavy atom. The van der Waals surface area contributed by atoms with Crippen molar-refractivity contribution < 1.29 is 18.8 Å². The zero-order valence-corrected chi connectivity index (χ0v) is 24.9. The summed E-state index contributed by atoms with van der Waals surface area (Å²) in [6.07, 6.45) is 3.99. The summed E-state index contributed by atoms with van der Waals surface area (Å²) in [6, 6.07) is 15.8. The maximum atomic E-state index is 16.0. The lowest BCUT2D eigenvalue weighted by Crippen LogP contribution is -2.60. The number of Topliss-reactive ketones (excluding diaryl/α,β-unsaturated/α-hetero) is 1. The molecule has 2 spiro atoms. The van der Waals surface area contributed by atoms with Crippen molar-refractivity contribution in [1.82, 2.24) is 5.32 Å². The molecule has 42 heavy (non-hydrogen) atoms. The first-order valence-electron chi connectivity index (χ1n) is 14.4. The molecule has 0 aromatic heterocycles. The van der Waals surface area contributed by atoms with Gasteiger partial charge in [-0.05, 0) is 66.4 Å². The number of carbonyl (C=O) groups is 3. The van der Waals surface area contributed by atoms with Gasteiger partial charge in [0.25, 0.3) is 0 Å². The minimum Gasteiger partial charge on any atom is -0.325 e. The number of halogens is 3. The molecule has 3 aliphatic rings. The van der Waals surface area contributed by atoms with Gasteiger partial charge in [0.1, 0.15) is 11.2 Å². The summed E-state index contributed by atoms with van der Waals surface area (Å²) in [7, 11) is 0. The van der Waals surface area contributed by atoms with E-state index >= 15 is 4.39 Å². The molecule has 1 aliphatic carbocycles. The molecule has 3 N–H and O–H groups in total. The smallest absolute Gasteiger partial charge is 0.242 e. The van der Waals surface area contributed by atoms with E-state index < -0.39 is 34.6 Å². The van der Waals surface area contributed by atoms with Crippen molar-refractivity contribution >= 4 is 52.2 Å². The fraction of sp³-hybridized carbons (Fsp3) is 0.364. The summed E-state index contributed by atoms with van der Waals surface area (Å²) in [5, 5.41) is 10.0. The van der Waals surface area contributed by atoms with Gasteiger partial charge in [0.2, 0.25) is 11.8 Å². The predicted octanol–water partition coefficient (Wildman–Crippen LogP) is 7.26. The SMILES string of the molecule is CC(C)C(=O)c1ccc(NC(=O)[C@@H]2NC3(CCCCC3)[C@@]3(C(=O)Nc4cc(Cl)ccc43)[C@H]2c2cccc(Cl)c2F)cc1. The Bertz CT molecular complexity index is 1590. The Labute approximate surface area is 254 Å². The Balaban J connectivity index is 1.50. The van der Waals surface area contributed by atoms with Crippen LogP contribution < -0.4 is 16.0 Å². The molecule has 1 saturated carbocycles. The molecule has 1 saturated heterocycles. The molecule has 2 amide bonds. The monoisotopic (exact) mass is 607 g/mol. The molecule has 9 heteroatoms. The number of amides is 2. The van der Waals surface area contributed by atoms with Gasteiger partial charge in [-0.1, -0.05) is 74.5 Å². The second-order valence-corrected chi connectivity index (χ2v) is 12.8. The van der Waals surface area contributed by atoms with Crippen LogP contribution >= 0.6 is 23.2 Å². The van der Waals surface area contributed by atoms with Crippen LogP contribution in [0.2, 0.25) is 10.0 Å². The first-order chi connectivity index (χ1) is 20.1. The highest BCUT2D eigenvalue weighted by Gasteiger charge is 2.72.